The topological polar surface area (TPSA) is 60.7 Å². The van der Waals surface area contributed by atoms with Crippen molar-refractivity contribution >= 4 is 16.9 Å². The zero-order chi connectivity index (χ0) is 17.8. The van der Waals surface area contributed by atoms with Crippen molar-refractivity contribution in [1.29, 1.82) is 0 Å². The van der Waals surface area contributed by atoms with E-state index in [0.29, 0.717) is 17.9 Å². The molecule has 3 aromatic rings. The van der Waals surface area contributed by atoms with Gasteiger partial charge in [0.1, 0.15) is 17.9 Å². The average Bonchev–Trinajstić information content (AvgIpc) is 3.33. The molecule has 134 valence electrons. The van der Waals surface area contributed by atoms with E-state index < -0.39 is 0 Å². The number of carbonyl (C=O) groups excluding carboxylic acids is 1. The van der Waals surface area contributed by atoms with Crippen LogP contribution in [0, 0.1) is 0 Å². The lowest BCUT2D eigenvalue weighted by molar-refractivity contribution is 0.0834. The van der Waals surface area contributed by atoms with E-state index in [-0.39, 0.29) is 18.6 Å². The van der Waals surface area contributed by atoms with Crippen molar-refractivity contribution in [3.63, 3.8) is 0 Å². The Morgan fingerprint density at radius 2 is 1.92 bits per heavy atom. The highest BCUT2D eigenvalue weighted by atomic mass is 16.5. The van der Waals surface area contributed by atoms with Gasteiger partial charge < -0.3 is 19.2 Å². The molecule has 1 amide bonds. The van der Waals surface area contributed by atoms with Crippen molar-refractivity contribution in [2.45, 2.75) is 25.6 Å². The second-order valence-corrected chi connectivity index (χ2v) is 6.35. The van der Waals surface area contributed by atoms with Gasteiger partial charge in [0.2, 0.25) is 0 Å². The molecule has 0 saturated carbocycles. The second-order valence-electron chi connectivity index (χ2n) is 6.35. The first-order chi connectivity index (χ1) is 12.8. The number of benzene rings is 2. The molecule has 0 radical (unpaired) electrons. The van der Waals surface area contributed by atoms with Gasteiger partial charge in [0, 0.05) is 24.1 Å². The third kappa shape index (κ3) is 3.58. The van der Waals surface area contributed by atoms with Crippen LogP contribution in [0.4, 0.5) is 0 Å². The van der Waals surface area contributed by atoms with Crippen LogP contribution in [0.3, 0.4) is 0 Å². The summed E-state index contributed by atoms with van der Waals surface area (Å²) in [7, 11) is 0. The molecule has 0 aliphatic carbocycles. The Kier molecular flexibility index (Phi) is 4.88. The van der Waals surface area contributed by atoms with E-state index in [2.05, 4.69) is 5.32 Å². The first-order valence-corrected chi connectivity index (χ1v) is 8.89. The van der Waals surface area contributed by atoms with Gasteiger partial charge in [0.05, 0.1) is 6.10 Å². The Morgan fingerprint density at radius 1 is 1.12 bits per heavy atom. The van der Waals surface area contributed by atoms with Crippen molar-refractivity contribution in [3.8, 4) is 5.75 Å². The summed E-state index contributed by atoms with van der Waals surface area (Å²) in [5.41, 5.74) is 1.44. The summed E-state index contributed by atoms with van der Waals surface area (Å²) < 4.78 is 17.3. The fourth-order valence-corrected chi connectivity index (χ4v) is 3.19. The van der Waals surface area contributed by atoms with Crippen LogP contribution in [-0.4, -0.2) is 25.2 Å². The number of carbonyl (C=O) groups is 1. The normalized spacial score (nSPS) is 16.7. The molecule has 1 atom stereocenters. The Balaban J connectivity index is 1.55. The van der Waals surface area contributed by atoms with Gasteiger partial charge in [-0.25, -0.2) is 0 Å². The molecule has 2 aromatic carbocycles. The molecule has 1 fully saturated rings. The van der Waals surface area contributed by atoms with Crippen LogP contribution in [-0.2, 0) is 11.3 Å². The molecule has 1 saturated heterocycles. The standard InChI is InChI=1S/C21H21NO4/c23-21(22-13-16-9-6-12-24-16)20-18(14-25-15-7-2-1-3-8-15)17-10-4-5-11-19(17)26-20/h1-5,7-8,10-11,16H,6,9,12-14H2,(H,22,23)/t16-/m0/s1. The summed E-state index contributed by atoms with van der Waals surface area (Å²) >= 11 is 0. The van der Waals surface area contributed by atoms with Gasteiger partial charge in [-0.1, -0.05) is 36.4 Å². The number of furan rings is 1. The molecule has 1 aromatic heterocycles. The lowest BCUT2D eigenvalue weighted by Crippen LogP contribution is -2.32. The highest BCUT2D eigenvalue weighted by Crippen LogP contribution is 2.27. The molecule has 1 aliphatic rings. The van der Waals surface area contributed by atoms with Crippen LogP contribution in [0.15, 0.2) is 59.0 Å². The Hall–Kier alpha value is -2.79. The van der Waals surface area contributed by atoms with Crippen LogP contribution in [0.5, 0.6) is 5.75 Å². The van der Waals surface area contributed by atoms with Crippen molar-refractivity contribution in [2.75, 3.05) is 13.2 Å². The third-order valence-electron chi connectivity index (χ3n) is 4.55. The van der Waals surface area contributed by atoms with E-state index in [1.54, 1.807) is 0 Å². The van der Waals surface area contributed by atoms with Gasteiger partial charge >= 0.3 is 0 Å². The summed E-state index contributed by atoms with van der Waals surface area (Å²) in [4.78, 5) is 12.7. The molecule has 1 aliphatic heterocycles. The van der Waals surface area contributed by atoms with Gasteiger partial charge in [0.15, 0.2) is 5.76 Å². The number of ether oxygens (including phenoxy) is 2. The number of amides is 1. The predicted octanol–water partition coefficient (Wildman–Crippen LogP) is 3.92. The summed E-state index contributed by atoms with van der Waals surface area (Å²) in [5, 5.41) is 3.82. The van der Waals surface area contributed by atoms with Crippen LogP contribution in [0.2, 0.25) is 0 Å². The van der Waals surface area contributed by atoms with E-state index in [1.165, 1.54) is 0 Å². The van der Waals surface area contributed by atoms with E-state index in [0.717, 1.165) is 36.1 Å². The number of rotatable bonds is 6. The minimum atomic E-state index is -0.233. The number of nitrogens with one attached hydrogen (secondary N) is 1. The smallest absolute Gasteiger partial charge is 0.287 e. The summed E-state index contributed by atoms with van der Waals surface area (Å²) in [5.74, 6) is 0.826. The zero-order valence-corrected chi connectivity index (χ0v) is 14.4. The molecule has 0 bridgehead atoms. The fourth-order valence-electron chi connectivity index (χ4n) is 3.19. The maximum atomic E-state index is 12.7. The average molecular weight is 351 g/mol. The largest absolute Gasteiger partial charge is 0.489 e. The number of hydrogen-bond donors (Lipinski definition) is 1. The molecular weight excluding hydrogens is 330 g/mol. The quantitative estimate of drug-likeness (QED) is 0.731. The monoisotopic (exact) mass is 351 g/mol. The Labute approximate surface area is 151 Å². The molecule has 4 rings (SSSR count). The third-order valence-corrected chi connectivity index (χ3v) is 4.55. The van der Waals surface area contributed by atoms with E-state index >= 15 is 0 Å². The van der Waals surface area contributed by atoms with Crippen molar-refractivity contribution in [1.82, 2.24) is 5.32 Å². The van der Waals surface area contributed by atoms with Crippen molar-refractivity contribution in [2.24, 2.45) is 0 Å². The molecule has 5 heteroatoms. The SMILES string of the molecule is O=C(NC[C@@H]1CCCO1)c1oc2ccccc2c1COc1ccccc1. The van der Waals surface area contributed by atoms with Gasteiger partial charge in [0.25, 0.3) is 5.91 Å². The number of hydrogen-bond acceptors (Lipinski definition) is 4. The number of fused-ring (bicyclic) bond motifs is 1. The molecule has 5 nitrogen and oxygen atoms in total. The van der Waals surface area contributed by atoms with E-state index in [9.17, 15) is 4.79 Å². The second kappa shape index (κ2) is 7.62. The lowest BCUT2D eigenvalue weighted by Gasteiger charge is -2.11. The Bertz CT molecular complexity index is 881. The van der Waals surface area contributed by atoms with Gasteiger partial charge in [-0.15, -0.1) is 0 Å². The highest BCUT2D eigenvalue weighted by molar-refractivity contribution is 5.99. The van der Waals surface area contributed by atoms with E-state index in [1.807, 2.05) is 54.6 Å². The van der Waals surface area contributed by atoms with Crippen LogP contribution in [0.25, 0.3) is 11.0 Å². The molecule has 1 N–H and O–H groups in total. The highest BCUT2D eigenvalue weighted by Gasteiger charge is 2.23. The van der Waals surface area contributed by atoms with E-state index in [4.69, 9.17) is 13.9 Å². The molecule has 0 unspecified atom stereocenters. The van der Waals surface area contributed by atoms with Crippen molar-refractivity contribution in [3.05, 3.63) is 65.9 Å². The minimum Gasteiger partial charge on any atom is -0.489 e. The molecule has 0 spiro atoms. The fraction of sp³-hybridized carbons (Fsp3) is 0.286. The number of para-hydroxylation sites is 2. The Morgan fingerprint density at radius 3 is 2.73 bits per heavy atom. The first-order valence-electron chi connectivity index (χ1n) is 8.89. The maximum absolute atomic E-state index is 12.7. The minimum absolute atomic E-state index is 0.0901. The summed E-state index contributed by atoms with van der Waals surface area (Å²) in [6.45, 7) is 1.53. The molecular formula is C21H21NO4. The van der Waals surface area contributed by atoms with Gasteiger partial charge in [-0.2, -0.15) is 0 Å². The predicted molar refractivity (Wildman–Crippen MR) is 98.3 cm³/mol. The zero-order valence-electron chi connectivity index (χ0n) is 14.4. The van der Waals surface area contributed by atoms with Crippen LogP contribution < -0.4 is 10.1 Å². The van der Waals surface area contributed by atoms with Crippen molar-refractivity contribution < 1.29 is 18.7 Å². The van der Waals surface area contributed by atoms with Gasteiger partial charge in [-0.05, 0) is 31.0 Å². The summed E-state index contributed by atoms with van der Waals surface area (Å²) in [6, 6.07) is 17.2. The lowest BCUT2D eigenvalue weighted by atomic mass is 10.1. The maximum Gasteiger partial charge on any atom is 0.287 e. The van der Waals surface area contributed by atoms with Gasteiger partial charge in [-0.3, -0.25) is 4.79 Å². The molecule has 2 heterocycles. The van der Waals surface area contributed by atoms with Crippen LogP contribution in [0.1, 0.15) is 29.0 Å². The first kappa shape index (κ1) is 16.7. The summed E-state index contributed by atoms with van der Waals surface area (Å²) in [6.07, 6.45) is 2.11. The molecule has 26 heavy (non-hydrogen) atoms. The van der Waals surface area contributed by atoms with Crippen LogP contribution >= 0.6 is 0 Å².